The molecule has 0 aliphatic carbocycles. The van der Waals surface area contributed by atoms with Gasteiger partial charge in [0, 0.05) is 44.3 Å². The molecule has 9 heteroatoms. The Kier molecular flexibility index (Phi) is 5.47. The largest absolute Gasteiger partial charge is 0.338 e. The number of nitrogens with zero attached hydrogens (tertiary/aromatic N) is 4. The molecule has 1 aromatic heterocycles. The normalized spacial score (nSPS) is 25.3. The summed E-state index contributed by atoms with van der Waals surface area (Å²) in [6, 6.07) is 1.21. The number of carbonyl (C=O) groups is 1. The molecular weight excluding hydrogens is 354 g/mol. The van der Waals surface area contributed by atoms with Crippen LogP contribution in [0.15, 0.2) is 12.3 Å². The van der Waals surface area contributed by atoms with Gasteiger partial charge in [-0.25, -0.2) is 23.2 Å². The number of rotatable bonds is 4. The number of urea groups is 1. The van der Waals surface area contributed by atoms with Crippen LogP contribution in [0.3, 0.4) is 0 Å². The third-order valence-corrected chi connectivity index (χ3v) is 6.69. The molecule has 2 saturated heterocycles. The molecule has 144 valence electrons. The van der Waals surface area contributed by atoms with Crippen molar-refractivity contribution in [1.29, 1.82) is 0 Å². The fourth-order valence-electron chi connectivity index (χ4n) is 3.71. The highest BCUT2D eigenvalue weighted by molar-refractivity contribution is 7.91. The van der Waals surface area contributed by atoms with Gasteiger partial charge in [0.1, 0.15) is 5.82 Å². The van der Waals surface area contributed by atoms with Gasteiger partial charge in [-0.1, -0.05) is 13.8 Å². The van der Waals surface area contributed by atoms with Crippen LogP contribution in [-0.4, -0.2) is 77.4 Å². The van der Waals surface area contributed by atoms with Crippen molar-refractivity contribution >= 4 is 15.9 Å². The smallest absolute Gasteiger partial charge is 0.317 e. The average Bonchev–Trinajstić information content (AvgIpc) is 2.91. The molecule has 2 atom stereocenters. The third kappa shape index (κ3) is 3.98. The number of nitrogens with one attached hydrogen (secondary N) is 1. The van der Waals surface area contributed by atoms with E-state index in [1.807, 2.05) is 26.8 Å². The quantitative estimate of drug-likeness (QED) is 0.821. The number of sulfone groups is 1. The SMILES string of the molecule is CCNC(=O)N1CCN(Cc2ccnc(C(C)C)n2)[C@H]2CS(=O)(=O)C[C@H]21. The topological polar surface area (TPSA) is 95.5 Å². The number of piperazine rings is 1. The van der Waals surface area contributed by atoms with E-state index < -0.39 is 9.84 Å². The van der Waals surface area contributed by atoms with Gasteiger partial charge in [0.05, 0.1) is 23.2 Å². The number of hydrogen-bond donors (Lipinski definition) is 1. The van der Waals surface area contributed by atoms with Crippen LogP contribution in [0.1, 0.15) is 38.2 Å². The summed E-state index contributed by atoms with van der Waals surface area (Å²) in [5.74, 6) is 1.16. The van der Waals surface area contributed by atoms with Crippen molar-refractivity contribution in [1.82, 2.24) is 25.1 Å². The van der Waals surface area contributed by atoms with Gasteiger partial charge in [0.15, 0.2) is 9.84 Å². The van der Waals surface area contributed by atoms with Crippen LogP contribution in [0.4, 0.5) is 4.79 Å². The predicted molar refractivity (Wildman–Crippen MR) is 98.5 cm³/mol. The Labute approximate surface area is 154 Å². The maximum atomic E-state index is 12.3. The third-order valence-electron chi connectivity index (χ3n) is 4.99. The van der Waals surface area contributed by atoms with E-state index in [4.69, 9.17) is 0 Å². The van der Waals surface area contributed by atoms with Gasteiger partial charge in [0.2, 0.25) is 0 Å². The molecule has 3 rings (SSSR count). The van der Waals surface area contributed by atoms with E-state index in [0.29, 0.717) is 26.2 Å². The van der Waals surface area contributed by atoms with Crippen LogP contribution < -0.4 is 5.32 Å². The zero-order valence-corrected chi connectivity index (χ0v) is 16.4. The zero-order chi connectivity index (χ0) is 18.9. The van der Waals surface area contributed by atoms with Crippen LogP contribution in [0, 0.1) is 0 Å². The number of amides is 2. The van der Waals surface area contributed by atoms with E-state index >= 15 is 0 Å². The molecular formula is C17H27N5O3S. The molecule has 1 N–H and O–H groups in total. The van der Waals surface area contributed by atoms with Crippen LogP contribution in [0.25, 0.3) is 0 Å². The monoisotopic (exact) mass is 381 g/mol. The van der Waals surface area contributed by atoms with Gasteiger partial charge < -0.3 is 10.2 Å². The van der Waals surface area contributed by atoms with Gasteiger partial charge in [-0.2, -0.15) is 0 Å². The maximum Gasteiger partial charge on any atom is 0.317 e. The average molecular weight is 382 g/mol. The summed E-state index contributed by atoms with van der Waals surface area (Å²) in [6.07, 6.45) is 1.76. The second-order valence-corrected chi connectivity index (χ2v) is 9.43. The van der Waals surface area contributed by atoms with Crippen molar-refractivity contribution < 1.29 is 13.2 Å². The molecule has 2 amide bonds. The molecule has 26 heavy (non-hydrogen) atoms. The molecule has 0 unspecified atom stereocenters. The van der Waals surface area contributed by atoms with Crippen molar-refractivity contribution in [3.8, 4) is 0 Å². The zero-order valence-electron chi connectivity index (χ0n) is 15.6. The van der Waals surface area contributed by atoms with Crippen LogP contribution in [-0.2, 0) is 16.4 Å². The molecule has 3 heterocycles. The Bertz CT molecular complexity index is 767. The summed E-state index contributed by atoms with van der Waals surface area (Å²) in [4.78, 5) is 25.1. The summed E-state index contributed by atoms with van der Waals surface area (Å²) >= 11 is 0. The van der Waals surface area contributed by atoms with Crippen LogP contribution >= 0.6 is 0 Å². The molecule has 0 spiro atoms. The Balaban J connectivity index is 1.80. The lowest BCUT2D eigenvalue weighted by molar-refractivity contribution is 0.0599. The molecule has 8 nitrogen and oxygen atoms in total. The lowest BCUT2D eigenvalue weighted by Gasteiger charge is -2.43. The molecule has 2 fully saturated rings. The lowest BCUT2D eigenvalue weighted by atomic mass is 10.0. The summed E-state index contributed by atoms with van der Waals surface area (Å²) in [6.45, 7) is 8.20. The van der Waals surface area contributed by atoms with E-state index in [1.165, 1.54) is 0 Å². The van der Waals surface area contributed by atoms with E-state index in [-0.39, 0.29) is 35.5 Å². The highest BCUT2D eigenvalue weighted by atomic mass is 32.2. The highest BCUT2D eigenvalue weighted by Crippen LogP contribution is 2.28. The minimum Gasteiger partial charge on any atom is -0.338 e. The van der Waals surface area contributed by atoms with Crippen LogP contribution in [0.5, 0.6) is 0 Å². The second kappa shape index (κ2) is 7.48. The predicted octanol–water partition coefficient (Wildman–Crippen LogP) is 0.613. The van der Waals surface area contributed by atoms with Gasteiger partial charge in [-0.15, -0.1) is 0 Å². The Hall–Kier alpha value is -1.74. The van der Waals surface area contributed by atoms with E-state index in [1.54, 1.807) is 11.1 Å². The standard InChI is InChI=1S/C17H27N5O3S/c1-4-18-17(23)22-8-7-21(14-10-26(24,25)11-15(14)22)9-13-5-6-19-16(20-13)12(2)3/h5-6,12,14-15H,4,7-11H2,1-3H3,(H,18,23)/t14-,15+/m0/s1. The molecule has 0 saturated carbocycles. The van der Waals surface area contributed by atoms with Gasteiger partial charge in [0.25, 0.3) is 0 Å². The van der Waals surface area contributed by atoms with Crippen molar-refractivity contribution in [2.45, 2.75) is 45.3 Å². The van der Waals surface area contributed by atoms with Crippen molar-refractivity contribution in [3.63, 3.8) is 0 Å². The first kappa shape index (κ1) is 19.0. The first-order chi connectivity index (χ1) is 12.3. The fraction of sp³-hybridized carbons (Fsp3) is 0.706. The molecule has 0 aromatic carbocycles. The van der Waals surface area contributed by atoms with Gasteiger partial charge in [-0.05, 0) is 13.0 Å². The highest BCUT2D eigenvalue weighted by Gasteiger charge is 2.48. The molecule has 0 bridgehead atoms. The summed E-state index contributed by atoms with van der Waals surface area (Å²) in [5.41, 5.74) is 0.887. The van der Waals surface area contributed by atoms with Crippen molar-refractivity contribution in [2.24, 2.45) is 0 Å². The lowest BCUT2D eigenvalue weighted by Crippen LogP contribution is -2.62. The Morgan fingerprint density at radius 1 is 1.31 bits per heavy atom. The van der Waals surface area contributed by atoms with Gasteiger partial charge >= 0.3 is 6.03 Å². The Morgan fingerprint density at radius 3 is 2.73 bits per heavy atom. The maximum absolute atomic E-state index is 12.3. The molecule has 2 aliphatic heterocycles. The van der Waals surface area contributed by atoms with Gasteiger partial charge in [-0.3, -0.25) is 4.90 Å². The summed E-state index contributed by atoms with van der Waals surface area (Å²) in [7, 11) is -3.15. The number of carbonyl (C=O) groups excluding carboxylic acids is 1. The summed E-state index contributed by atoms with van der Waals surface area (Å²) in [5, 5.41) is 2.79. The van der Waals surface area contributed by atoms with Crippen molar-refractivity contribution in [3.05, 3.63) is 23.8 Å². The van der Waals surface area contributed by atoms with E-state index in [2.05, 4.69) is 20.2 Å². The first-order valence-corrected chi connectivity index (χ1v) is 10.9. The molecule has 2 aliphatic rings. The van der Waals surface area contributed by atoms with E-state index in [9.17, 15) is 13.2 Å². The fourth-order valence-corrected chi connectivity index (χ4v) is 5.73. The van der Waals surface area contributed by atoms with E-state index in [0.717, 1.165) is 11.5 Å². The minimum atomic E-state index is -3.15. The summed E-state index contributed by atoms with van der Waals surface area (Å²) < 4.78 is 24.5. The molecule has 1 aromatic rings. The van der Waals surface area contributed by atoms with Crippen LogP contribution in [0.2, 0.25) is 0 Å². The molecule has 0 radical (unpaired) electrons. The first-order valence-electron chi connectivity index (χ1n) is 9.11. The van der Waals surface area contributed by atoms with Crippen molar-refractivity contribution in [2.75, 3.05) is 31.1 Å². The minimum absolute atomic E-state index is 0.0340. The second-order valence-electron chi connectivity index (χ2n) is 7.27. The number of hydrogen-bond acceptors (Lipinski definition) is 6. The number of aromatic nitrogens is 2. The number of fused-ring (bicyclic) bond motifs is 1. The Morgan fingerprint density at radius 2 is 2.04 bits per heavy atom.